The van der Waals surface area contributed by atoms with Gasteiger partial charge in [0.15, 0.2) is 0 Å². The highest BCUT2D eigenvalue weighted by Crippen LogP contribution is 2.30. The van der Waals surface area contributed by atoms with Gasteiger partial charge >= 0.3 is 0 Å². The first kappa shape index (κ1) is 16.8. The summed E-state index contributed by atoms with van der Waals surface area (Å²) in [6.07, 6.45) is 5.91. The van der Waals surface area contributed by atoms with Gasteiger partial charge in [0.25, 0.3) is 0 Å². The summed E-state index contributed by atoms with van der Waals surface area (Å²) in [5.41, 5.74) is 7.12. The van der Waals surface area contributed by atoms with E-state index in [2.05, 4.69) is 33.9 Å². The maximum absolute atomic E-state index is 6.09. The average Bonchev–Trinajstić information content (AvgIpc) is 2.43. The van der Waals surface area contributed by atoms with E-state index in [4.69, 9.17) is 10.5 Å². The predicted octanol–water partition coefficient (Wildman–Crippen LogP) is 3.59. The molecule has 2 atom stereocenters. The molecule has 4 heteroatoms. The number of likely N-dealkylation sites (tertiary alicyclic amines) is 1. The van der Waals surface area contributed by atoms with Crippen molar-refractivity contribution in [1.82, 2.24) is 4.90 Å². The van der Waals surface area contributed by atoms with Crippen LogP contribution in [-0.2, 0) is 6.42 Å². The molecule has 21 heavy (non-hydrogen) atoms. The van der Waals surface area contributed by atoms with Crippen molar-refractivity contribution < 1.29 is 4.74 Å². The molecule has 1 aliphatic rings. The largest absolute Gasteiger partial charge is 0.492 e. The minimum atomic E-state index is 0.145. The molecule has 3 nitrogen and oxygen atoms in total. The molecule has 0 saturated carbocycles. The second-order valence-electron chi connectivity index (χ2n) is 6.18. The van der Waals surface area contributed by atoms with Crippen LogP contribution in [0.1, 0.15) is 38.2 Å². The van der Waals surface area contributed by atoms with E-state index in [-0.39, 0.29) is 6.04 Å². The standard InChI is InChI=1S/C17H27BrN2O/c1-13(19)12-14-6-5-8-16(18)17(14)21-11-9-15-7-3-4-10-20(15)2/h5-6,8,13,15H,3-4,7,9-12,19H2,1-2H3. The van der Waals surface area contributed by atoms with Crippen molar-refractivity contribution in [3.8, 4) is 5.75 Å². The summed E-state index contributed by atoms with van der Waals surface area (Å²) in [6.45, 7) is 4.01. The lowest BCUT2D eigenvalue weighted by atomic mass is 10.0. The van der Waals surface area contributed by atoms with Crippen molar-refractivity contribution >= 4 is 15.9 Å². The number of nitrogens with two attached hydrogens (primary N) is 1. The minimum Gasteiger partial charge on any atom is -0.492 e. The Bertz CT molecular complexity index is 450. The first-order valence-corrected chi connectivity index (χ1v) is 8.73. The fraction of sp³-hybridized carbons (Fsp3) is 0.647. The Hall–Kier alpha value is -0.580. The molecule has 1 aromatic rings. The molecule has 1 aliphatic heterocycles. The third-order valence-electron chi connectivity index (χ3n) is 4.21. The number of hydrogen-bond donors (Lipinski definition) is 1. The van der Waals surface area contributed by atoms with Crippen LogP contribution in [0, 0.1) is 0 Å². The number of rotatable bonds is 6. The molecule has 0 radical (unpaired) electrons. The van der Waals surface area contributed by atoms with Gasteiger partial charge in [0, 0.05) is 12.1 Å². The monoisotopic (exact) mass is 354 g/mol. The third kappa shape index (κ3) is 4.97. The molecule has 2 rings (SSSR count). The number of hydrogen-bond acceptors (Lipinski definition) is 3. The first-order valence-electron chi connectivity index (χ1n) is 7.94. The van der Waals surface area contributed by atoms with Crippen LogP contribution in [-0.4, -0.2) is 37.2 Å². The zero-order chi connectivity index (χ0) is 15.2. The van der Waals surface area contributed by atoms with Gasteiger partial charge < -0.3 is 15.4 Å². The molecule has 1 saturated heterocycles. The second kappa shape index (κ2) is 8.16. The van der Waals surface area contributed by atoms with E-state index in [9.17, 15) is 0 Å². The number of nitrogens with zero attached hydrogens (tertiary/aromatic N) is 1. The van der Waals surface area contributed by atoms with Crippen LogP contribution >= 0.6 is 15.9 Å². The van der Waals surface area contributed by atoms with Crippen molar-refractivity contribution in [3.05, 3.63) is 28.2 Å². The van der Waals surface area contributed by atoms with Gasteiger partial charge in [-0.25, -0.2) is 0 Å². The van der Waals surface area contributed by atoms with Gasteiger partial charge in [-0.3, -0.25) is 0 Å². The van der Waals surface area contributed by atoms with Crippen LogP contribution in [0.3, 0.4) is 0 Å². The number of ether oxygens (including phenoxy) is 1. The van der Waals surface area contributed by atoms with Crippen molar-refractivity contribution in [2.24, 2.45) is 5.73 Å². The van der Waals surface area contributed by atoms with Gasteiger partial charge in [-0.2, -0.15) is 0 Å². The van der Waals surface area contributed by atoms with Crippen molar-refractivity contribution in [1.29, 1.82) is 0 Å². The molecule has 1 heterocycles. The lowest BCUT2D eigenvalue weighted by Gasteiger charge is -2.32. The smallest absolute Gasteiger partial charge is 0.136 e. The molecule has 0 aliphatic carbocycles. The van der Waals surface area contributed by atoms with E-state index < -0.39 is 0 Å². The number of halogens is 1. The van der Waals surface area contributed by atoms with Gasteiger partial charge in [0.2, 0.25) is 0 Å². The number of para-hydroxylation sites is 1. The van der Waals surface area contributed by atoms with E-state index in [0.717, 1.165) is 29.7 Å². The lowest BCUT2D eigenvalue weighted by molar-refractivity contribution is 0.152. The Balaban J connectivity index is 1.93. The minimum absolute atomic E-state index is 0.145. The van der Waals surface area contributed by atoms with Crippen LogP contribution < -0.4 is 10.5 Å². The Morgan fingerprint density at radius 2 is 2.24 bits per heavy atom. The molecule has 2 unspecified atom stereocenters. The first-order chi connectivity index (χ1) is 10.1. The van der Waals surface area contributed by atoms with Crippen LogP contribution in [0.15, 0.2) is 22.7 Å². The van der Waals surface area contributed by atoms with E-state index in [0.29, 0.717) is 6.04 Å². The normalized spacial score (nSPS) is 21.2. The highest BCUT2D eigenvalue weighted by atomic mass is 79.9. The molecule has 2 N–H and O–H groups in total. The number of piperidine rings is 1. The SMILES string of the molecule is CC(N)Cc1cccc(Br)c1OCCC1CCCCN1C. The molecule has 0 spiro atoms. The summed E-state index contributed by atoms with van der Waals surface area (Å²) >= 11 is 3.60. The zero-order valence-corrected chi connectivity index (χ0v) is 14.7. The highest BCUT2D eigenvalue weighted by Gasteiger charge is 2.19. The molecular formula is C17H27BrN2O. The van der Waals surface area contributed by atoms with E-state index in [1.165, 1.54) is 31.4 Å². The maximum Gasteiger partial charge on any atom is 0.136 e. The summed E-state index contributed by atoms with van der Waals surface area (Å²) in [4.78, 5) is 2.47. The fourth-order valence-corrected chi connectivity index (χ4v) is 3.55. The zero-order valence-electron chi connectivity index (χ0n) is 13.1. The Morgan fingerprint density at radius 1 is 1.43 bits per heavy atom. The molecule has 0 amide bonds. The third-order valence-corrected chi connectivity index (χ3v) is 4.83. The summed E-state index contributed by atoms with van der Waals surface area (Å²) in [5, 5.41) is 0. The van der Waals surface area contributed by atoms with E-state index in [1.807, 2.05) is 19.1 Å². The number of benzene rings is 1. The molecule has 0 aromatic heterocycles. The molecule has 118 valence electrons. The Labute approximate surface area is 137 Å². The fourth-order valence-electron chi connectivity index (χ4n) is 3.03. The van der Waals surface area contributed by atoms with Gasteiger partial charge in [0.1, 0.15) is 5.75 Å². The molecule has 0 bridgehead atoms. The van der Waals surface area contributed by atoms with Crippen LogP contribution in [0.5, 0.6) is 5.75 Å². The summed E-state index contributed by atoms with van der Waals surface area (Å²) in [7, 11) is 2.23. The van der Waals surface area contributed by atoms with E-state index in [1.54, 1.807) is 0 Å². The van der Waals surface area contributed by atoms with Gasteiger partial charge in [0.05, 0.1) is 11.1 Å². The summed E-state index contributed by atoms with van der Waals surface area (Å²) in [6, 6.07) is 7.00. The van der Waals surface area contributed by atoms with Crippen molar-refractivity contribution in [3.63, 3.8) is 0 Å². The molecule has 1 fully saturated rings. The van der Waals surface area contributed by atoms with E-state index >= 15 is 0 Å². The van der Waals surface area contributed by atoms with Gasteiger partial charge in [-0.15, -0.1) is 0 Å². The molecular weight excluding hydrogens is 328 g/mol. The van der Waals surface area contributed by atoms with Crippen molar-refractivity contribution in [2.45, 2.75) is 51.1 Å². The molecule has 1 aromatic carbocycles. The Kier molecular flexibility index (Phi) is 6.52. The summed E-state index contributed by atoms with van der Waals surface area (Å²) < 4.78 is 7.12. The van der Waals surface area contributed by atoms with Crippen molar-refractivity contribution in [2.75, 3.05) is 20.2 Å². The van der Waals surface area contributed by atoms with Crippen LogP contribution in [0.4, 0.5) is 0 Å². The topological polar surface area (TPSA) is 38.5 Å². The quantitative estimate of drug-likeness (QED) is 0.848. The van der Waals surface area contributed by atoms with Crippen LogP contribution in [0.2, 0.25) is 0 Å². The maximum atomic E-state index is 6.09. The Morgan fingerprint density at radius 3 is 2.95 bits per heavy atom. The van der Waals surface area contributed by atoms with Gasteiger partial charge in [-0.05, 0) is 73.8 Å². The van der Waals surface area contributed by atoms with Gasteiger partial charge in [-0.1, -0.05) is 18.6 Å². The second-order valence-corrected chi connectivity index (χ2v) is 7.03. The average molecular weight is 355 g/mol. The predicted molar refractivity (Wildman–Crippen MR) is 91.9 cm³/mol. The lowest BCUT2D eigenvalue weighted by Crippen LogP contribution is -2.37. The van der Waals surface area contributed by atoms with Crippen LogP contribution in [0.25, 0.3) is 0 Å². The summed E-state index contributed by atoms with van der Waals surface area (Å²) in [5.74, 6) is 0.966. The highest BCUT2D eigenvalue weighted by molar-refractivity contribution is 9.10.